The van der Waals surface area contributed by atoms with Gasteiger partial charge in [-0.2, -0.15) is 0 Å². The fraction of sp³-hybridized carbons (Fsp3) is 0.660. The van der Waals surface area contributed by atoms with E-state index in [9.17, 15) is 24.5 Å². The van der Waals surface area contributed by atoms with E-state index in [0.29, 0.717) is 41.6 Å². The van der Waals surface area contributed by atoms with Crippen LogP contribution in [-0.2, 0) is 19.4 Å². The van der Waals surface area contributed by atoms with Gasteiger partial charge >= 0.3 is 0 Å². The number of hydrogen-bond donors (Lipinski definition) is 3. The highest BCUT2D eigenvalue weighted by molar-refractivity contribution is 5.79. The first-order valence-corrected chi connectivity index (χ1v) is 23.1. The molecular weight excluding hydrogens is 756 g/mol. The zero-order valence-electron chi connectivity index (χ0n) is 37.0. The highest BCUT2D eigenvalue weighted by Crippen LogP contribution is 2.60. The predicted molar refractivity (Wildman–Crippen MR) is 236 cm³/mol. The fourth-order valence-electron chi connectivity index (χ4n) is 11.7. The van der Waals surface area contributed by atoms with Crippen molar-refractivity contribution in [2.45, 2.75) is 168 Å². The molecule has 3 aromatic rings. The van der Waals surface area contributed by atoms with Crippen molar-refractivity contribution >= 4 is 11.0 Å². The smallest absolute Gasteiger partial charge is 0.256 e. The van der Waals surface area contributed by atoms with Crippen LogP contribution >= 0.6 is 0 Å². The van der Waals surface area contributed by atoms with Gasteiger partial charge in [-0.25, -0.2) is 9.37 Å². The zero-order valence-corrected chi connectivity index (χ0v) is 37.0. The van der Waals surface area contributed by atoms with Crippen LogP contribution in [0.3, 0.4) is 0 Å². The summed E-state index contributed by atoms with van der Waals surface area (Å²) in [6, 6.07) is 4.63. The van der Waals surface area contributed by atoms with Gasteiger partial charge in [0.15, 0.2) is 5.58 Å². The third-order valence-electron chi connectivity index (χ3n) is 15.1. The monoisotopic (exact) mass is 827 g/mol. The van der Waals surface area contributed by atoms with Gasteiger partial charge in [0, 0.05) is 54.6 Å². The van der Waals surface area contributed by atoms with Crippen molar-refractivity contribution in [2.75, 3.05) is 19.6 Å². The molecule has 0 spiro atoms. The Labute approximate surface area is 356 Å². The van der Waals surface area contributed by atoms with Crippen LogP contribution in [0.15, 0.2) is 63.0 Å². The Kier molecular flexibility index (Phi) is 14.0. The van der Waals surface area contributed by atoms with Crippen molar-refractivity contribution in [3.8, 4) is 0 Å². The lowest BCUT2D eigenvalue weighted by Crippen LogP contribution is -2.37. The standard InChI is InChI=1S/C27H44O3.C23H27FN4O2/c1-18(8-6-14-26(3,4)30)23-12-13-24-20(9-7-15-27(23,24)5)10-11-21-16-22(28)17-25(29)19(21)2;1-15-18(23(29)28-10-3-2-4-21(28)25-15)9-13-27-11-7-16(8-12-27)22-19-6-5-17(24)14-20(19)30-26-22/h10-11,18,22-25,28-30H,2,6-9,12-17H2,1,3-5H3;5-6,14,16H,2-4,7-13H2,1H3/b20-10+,21-11-;/t18-,22-,23-,24+,25+,27-;/m1./s1. The molecule has 1 aromatic carbocycles. The number of aryl methyl sites for hydroxylation is 2. The molecule has 328 valence electrons. The van der Waals surface area contributed by atoms with Crippen LogP contribution in [0.4, 0.5) is 4.39 Å². The molecule has 5 aliphatic rings. The minimum Gasteiger partial charge on any atom is -0.393 e. The van der Waals surface area contributed by atoms with Crippen LogP contribution in [0, 0.1) is 35.9 Å². The maximum absolute atomic E-state index is 13.4. The van der Waals surface area contributed by atoms with Crippen LogP contribution in [-0.4, -0.2) is 72.4 Å². The molecule has 0 radical (unpaired) electrons. The second kappa shape index (κ2) is 18.9. The van der Waals surface area contributed by atoms with E-state index >= 15 is 0 Å². The van der Waals surface area contributed by atoms with E-state index < -0.39 is 17.8 Å². The van der Waals surface area contributed by atoms with Gasteiger partial charge in [0.2, 0.25) is 0 Å². The first-order chi connectivity index (χ1) is 28.6. The number of likely N-dealkylation sites (tertiary alicyclic amines) is 1. The van der Waals surface area contributed by atoms with Gasteiger partial charge in [-0.15, -0.1) is 0 Å². The van der Waals surface area contributed by atoms with Gasteiger partial charge in [-0.3, -0.25) is 9.36 Å². The number of fused-ring (bicyclic) bond motifs is 3. The number of hydrogen-bond acceptors (Lipinski definition) is 8. The molecule has 3 saturated carbocycles. The molecule has 8 rings (SSSR count). The third-order valence-corrected chi connectivity index (χ3v) is 15.1. The summed E-state index contributed by atoms with van der Waals surface area (Å²) in [5.41, 5.74) is 6.55. The van der Waals surface area contributed by atoms with Crippen molar-refractivity contribution in [1.82, 2.24) is 19.6 Å². The van der Waals surface area contributed by atoms with Crippen LogP contribution in [0.2, 0.25) is 0 Å². The minimum absolute atomic E-state index is 0.161. The van der Waals surface area contributed by atoms with Gasteiger partial charge in [0.05, 0.1) is 23.5 Å². The summed E-state index contributed by atoms with van der Waals surface area (Å²) in [4.78, 5) is 20.1. The lowest BCUT2D eigenvalue weighted by atomic mass is 9.60. The van der Waals surface area contributed by atoms with E-state index in [-0.39, 0.29) is 11.4 Å². The van der Waals surface area contributed by atoms with Crippen molar-refractivity contribution in [3.63, 3.8) is 0 Å². The molecule has 2 aliphatic heterocycles. The van der Waals surface area contributed by atoms with E-state index in [4.69, 9.17) is 9.51 Å². The fourth-order valence-corrected chi connectivity index (χ4v) is 11.7. The molecule has 60 heavy (non-hydrogen) atoms. The summed E-state index contributed by atoms with van der Waals surface area (Å²) in [6.07, 6.45) is 19.7. The Morgan fingerprint density at radius 1 is 1.08 bits per heavy atom. The number of aliphatic hydroxyl groups excluding tert-OH is 2. The number of benzene rings is 1. The highest BCUT2D eigenvalue weighted by atomic mass is 19.1. The average molecular weight is 827 g/mol. The second-order valence-electron chi connectivity index (χ2n) is 19.9. The quantitative estimate of drug-likeness (QED) is 0.185. The molecule has 1 saturated heterocycles. The predicted octanol–water partition coefficient (Wildman–Crippen LogP) is 9.30. The van der Waals surface area contributed by atoms with Crippen LogP contribution in [0.5, 0.6) is 0 Å². The zero-order chi connectivity index (χ0) is 42.8. The molecular formula is C50H71FN4O5. The Morgan fingerprint density at radius 3 is 2.63 bits per heavy atom. The Hall–Kier alpha value is -3.44. The van der Waals surface area contributed by atoms with Gasteiger partial charge < -0.3 is 24.7 Å². The summed E-state index contributed by atoms with van der Waals surface area (Å²) in [6.45, 7) is 18.4. The van der Waals surface area contributed by atoms with Crippen molar-refractivity contribution in [1.29, 1.82) is 0 Å². The second-order valence-corrected chi connectivity index (χ2v) is 19.9. The number of rotatable bonds is 10. The number of halogens is 1. The summed E-state index contributed by atoms with van der Waals surface area (Å²) in [5, 5.41) is 35.3. The van der Waals surface area contributed by atoms with Gasteiger partial charge in [-0.05, 0) is 157 Å². The lowest BCUT2D eigenvalue weighted by Gasteiger charge is -2.44. The molecule has 2 aromatic heterocycles. The van der Waals surface area contributed by atoms with E-state index in [1.54, 1.807) is 11.6 Å². The summed E-state index contributed by atoms with van der Waals surface area (Å²) < 4.78 is 20.6. The van der Waals surface area contributed by atoms with E-state index in [1.807, 2.05) is 25.3 Å². The SMILES string of the molecule is C=C1/C(=C\C=C2/CCC[C@]3(C)[C@@H]([C@H](C)CCCC(C)(C)O)CC[C@@H]23)C[C@@H](O)C[C@@H]1O.Cc1nc2n(c(=O)c1CCN1CCC(c3noc4cc(F)ccc34)CC1)CCCC2. The molecule has 0 bridgehead atoms. The van der Waals surface area contributed by atoms with Crippen LogP contribution < -0.4 is 5.56 Å². The minimum atomic E-state index is -0.615. The molecule has 4 fully saturated rings. The average Bonchev–Trinajstić information content (AvgIpc) is 3.79. The van der Waals surface area contributed by atoms with Crippen molar-refractivity contribution in [2.24, 2.45) is 23.2 Å². The van der Waals surface area contributed by atoms with Crippen LogP contribution in [0.1, 0.15) is 146 Å². The Morgan fingerprint density at radius 2 is 1.87 bits per heavy atom. The number of nitrogens with zero attached hydrogens (tertiary/aromatic N) is 4. The van der Waals surface area contributed by atoms with E-state index in [2.05, 4.69) is 42.6 Å². The normalized spacial score (nSPS) is 28.4. The first-order valence-electron chi connectivity index (χ1n) is 23.1. The molecule has 9 nitrogen and oxygen atoms in total. The Balaban J connectivity index is 0.000000181. The van der Waals surface area contributed by atoms with E-state index in [1.165, 1.54) is 50.7 Å². The Bertz CT molecular complexity index is 2100. The third kappa shape index (κ3) is 10.1. The number of allylic oxidation sites excluding steroid dienone is 3. The topological polar surface area (TPSA) is 125 Å². The molecule has 0 amide bonds. The molecule has 3 N–H and O–H groups in total. The molecule has 4 heterocycles. The maximum atomic E-state index is 13.4. The summed E-state index contributed by atoms with van der Waals surface area (Å²) >= 11 is 0. The maximum Gasteiger partial charge on any atom is 0.256 e. The lowest BCUT2D eigenvalue weighted by molar-refractivity contribution is 0.0596. The molecule has 6 atom stereocenters. The van der Waals surface area contributed by atoms with Gasteiger partial charge in [0.25, 0.3) is 5.56 Å². The molecule has 3 aliphatic carbocycles. The molecule has 0 unspecified atom stereocenters. The van der Waals surface area contributed by atoms with Gasteiger partial charge in [-0.1, -0.05) is 56.1 Å². The van der Waals surface area contributed by atoms with Crippen molar-refractivity contribution < 1.29 is 24.2 Å². The molecule has 10 heteroatoms. The number of piperidine rings is 1. The first kappa shape index (κ1) is 44.6. The highest BCUT2D eigenvalue weighted by Gasteiger charge is 2.50. The van der Waals surface area contributed by atoms with Crippen LogP contribution in [0.25, 0.3) is 11.0 Å². The summed E-state index contributed by atoms with van der Waals surface area (Å²) in [7, 11) is 0. The van der Waals surface area contributed by atoms with Gasteiger partial charge in [0.1, 0.15) is 11.6 Å². The van der Waals surface area contributed by atoms with E-state index in [0.717, 1.165) is 123 Å². The number of aromatic nitrogens is 3. The number of aliphatic hydroxyl groups is 3. The van der Waals surface area contributed by atoms with Crippen molar-refractivity contribution in [3.05, 3.63) is 92.6 Å². The largest absolute Gasteiger partial charge is 0.393 e. The summed E-state index contributed by atoms with van der Waals surface area (Å²) in [5.74, 6) is 3.08.